The third kappa shape index (κ3) is 4.76. The van der Waals surface area contributed by atoms with E-state index in [0.717, 1.165) is 48.5 Å². The molecule has 1 aromatic carbocycles. The van der Waals surface area contributed by atoms with Crippen molar-refractivity contribution < 1.29 is 9.32 Å². The minimum atomic E-state index is -0.182. The number of carbonyl (C=O) groups excluding carboxylic acids is 1. The monoisotopic (exact) mass is 372 g/mol. The first kappa shape index (κ1) is 18.7. The van der Waals surface area contributed by atoms with Crippen LogP contribution in [0.4, 0.5) is 0 Å². The number of halogens is 1. The Morgan fingerprint density at radius 2 is 2.19 bits per heavy atom. The van der Waals surface area contributed by atoms with Crippen LogP contribution in [-0.4, -0.2) is 17.6 Å². The van der Waals surface area contributed by atoms with Gasteiger partial charge in [0.2, 0.25) is 0 Å². The van der Waals surface area contributed by atoms with Gasteiger partial charge in [-0.25, -0.2) is 0 Å². The smallest absolute Gasteiger partial charge is 0.273 e. The van der Waals surface area contributed by atoms with Crippen molar-refractivity contribution in [2.75, 3.05) is 6.54 Å². The lowest BCUT2D eigenvalue weighted by Gasteiger charge is -2.12. The van der Waals surface area contributed by atoms with Gasteiger partial charge in [-0.3, -0.25) is 4.79 Å². The molecule has 0 saturated heterocycles. The molecule has 0 spiro atoms. The quantitative estimate of drug-likeness (QED) is 0.663. The lowest BCUT2D eigenvalue weighted by Crippen LogP contribution is -2.25. The summed E-state index contributed by atoms with van der Waals surface area (Å²) in [6, 6.07) is 7.70. The molecule has 0 radical (unpaired) electrons. The molecular formula is C21H25ClN2O2. The highest BCUT2D eigenvalue weighted by Crippen LogP contribution is 2.40. The summed E-state index contributed by atoms with van der Waals surface area (Å²) < 4.78 is 5.25. The fourth-order valence-corrected chi connectivity index (χ4v) is 3.14. The van der Waals surface area contributed by atoms with Gasteiger partial charge < -0.3 is 9.84 Å². The van der Waals surface area contributed by atoms with Gasteiger partial charge >= 0.3 is 0 Å². The van der Waals surface area contributed by atoms with E-state index in [0.29, 0.717) is 18.2 Å². The van der Waals surface area contributed by atoms with Crippen LogP contribution in [0.2, 0.25) is 5.02 Å². The van der Waals surface area contributed by atoms with Gasteiger partial charge in [0.25, 0.3) is 5.91 Å². The first-order valence-corrected chi connectivity index (χ1v) is 9.66. The Morgan fingerprint density at radius 1 is 1.38 bits per heavy atom. The summed E-state index contributed by atoms with van der Waals surface area (Å²) >= 11 is 6.18. The first-order valence-electron chi connectivity index (χ1n) is 9.29. The number of carbonyl (C=O) groups is 1. The Kier molecular flexibility index (Phi) is 6.15. The Labute approximate surface area is 159 Å². The van der Waals surface area contributed by atoms with E-state index in [2.05, 4.69) is 30.4 Å². The number of amides is 1. The Balaban J connectivity index is 1.62. The van der Waals surface area contributed by atoms with Crippen LogP contribution in [0, 0.1) is 6.92 Å². The van der Waals surface area contributed by atoms with Gasteiger partial charge in [-0.2, -0.15) is 0 Å². The van der Waals surface area contributed by atoms with Crippen molar-refractivity contribution in [3.05, 3.63) is 57.9 Å². The summed E-state index contributed by atoms with van der Waals surface area (Å²) in [5.41, 5.74) is 3.92. The zero-order chi connectivity index (χ0) is 18.5. The van der Waals surface area contributed by atoms with Crippen LogP contribution in [0.15, 0.2) is 34.9 Å². The van der Waals surface area contributed by atoms with Crippen LogP contribution in [0.1, 0.15) is 72.3 Å². The molecule has 3 rings (SSSR count). The summed E-state index contributed by atoms with van der Waals surface area (Å²) in [4.78, 5) is 12.3. The first-order chi connectivity index (χ1) is 12.6. The van der Waals surface area contributed by atoms with Crippen LogP contribution in [0.25, 0.3) is 5.57 Å². The molecule has 138 valence electrons. The fourth-order valence-electron chi connectivity index (χ4n) is 2.96. The number of nitrogens with one attached hydrogen (secondary N) is 1. The molecule has 0 bridgehead atoms. The van der Waals surface area contributed by atoms with Gasteiger partial charge in [-0.1, -0.05) is 42.2 Å². The molecule has 1 amide bonds. The van der Waals surface area contributed by atoms with Crippen molar-refractivity contribution in [1.29, 1.82) is 0 Å². The summed E-state index contributed by atoms with van der Waals surface area (Å²) in [5.74, 6) is 1.10. The maximum atomic E-state index is 12.3. The van der Waals surface area contributed by atoms with Crippen molar-refractivity contribution in [1.82, 2.24) is 10.5 Å². The van der Waals surface area contributed by atoms with Crippen LogP contribution in [0.3, 0.4) is 0 Å². The number of benzene rings is 1. The maximum Gasteiger partial charge on any atom is 0.273 e. The predicted octanol–water partition coefficient (Wildman–Crippen LogP) is 5.52. The average molecular weight is 373 g/mol. The van der Waals surface area contributed by atoms with Crippen LogP contribution >= 0.6 is 11.6 Å². The van der Waals surface area contributed by atoms with Gasteiger partial charge in [0.05, 0.1) is 0 Å². The van der Waals surface area contributed by atoms with Crippen molar-refractivity contribution in [2.45, 2.75) is 51.9 Å². The van der Waals surface area contributed by atoms with Gasteiger partial charge in [-0.15, -0.1) is 0 Å². The number of aromatic nitrogens is 1. The van der Waals surface area contributed by atoms with Crippen molar-refractivity contribution in [3.8, 4) is 0 Å². The highest BCUT2D eigenvalue weighted by atomic mass is 35.5. The number of hydrogen-bond acceptors (Lipinski definition) is 3. The number of unbranched alkanes of at least 4 members (excludes halogenated alkanes) is 1. The lowest BCUT2D eigenvalue weighted by molar-refractivity contribution is 0.0945. The zero-order valence-corrected chi connectivity index (χ0v) is 16.1. The second-order valence-electron chi connectivity index (χ2n) is 6.87. The van der Waals surface area contributed by atoms with Crippen LogP contribution in [-0.2, 0) is 0 Å². The normalized spacial score (nSPS) is 14.5. The third-order valence-electron chi connectivity index (χ3n) is 4.65. The van der Waals surface area contributed by atoms with E-state index in [1.807, 2.05) is 18.2 Å². The van der Waals surface area contributed by atoms with Gasteiger partial charge in [-0.05, 0) is 61.4 Å². The molecule has 1 aromatic heterocycles. The number of aryl methyl sites for hydroxylation is 1. The summed E-state index contributed by atoms with van der Waals surface area (Å²) in [6.07, 6.45) is 7.33. The molecule has 4 nitrogen and oxygen atoms in total. The van der Waals surface area contributed by atoms with E-state index in [4.69, 9.17) is 16.1 Å². The van der Waals surface area contributed by atoms with E-state index in [-0.39, 0.29) is 5.91 Å². The van der Waals surface area contributed by atoms with Crippen molar-refractivity contribution >= 4 is 23.1 Å². The molecule has 1 saturated carbocycles. The average Bonchev–Trinajstić information content (AvgIpc) is 3.36. The molecule has 1 aliphatic carbocycles. The van der Waals surface area contributed by atoms with E-state index < -0.39 is 0 Å². The molecule has 1 aliphatic rings. The van der Waals surface area contributed by atoms with E-state index in [1.165, 1.54) is 11.1 Å². The third-order valence-corrected chi connectivity index (χ3v) is 4.88. The fraction of sp³-hybridized carbons (Fsp3) is 0.429. The summed E-state index contributed by atoms with van der Waals surface area (Å²) in [5, 5.41) is 7.57. The number of hydrogen-bond donors (Lipinski definition) is 1. The Morgan fingerprint density at radius 3 is 2.92 bits per heavy atom. The minimum absolute atomic E-state index is 0.182. The van der Waals surface area contributed by atoms with E-state index in [1.54, 1.807) is 6.07 Å². The number of rotatable bonds is 8. The van der Waals surface area contributed by atoms with Gasteiger partial charge in [0.1, 0.15) is 5.76 Å². The summed E-state index contributed by atoms with van der Waals surface area (Å²) in [7, 11) is 0. The molecule has 1 fully saturated rings. The molecule has 0 unspecified atom stereocenters. The molecule has 1 N–H and O–H groups in total. The second-order valence-corrected chi connectivity index (χ2v) is 7.31. The highest BCUT2D eigenvalue weighted by molar-refractivity contribution is 6.30. The number of nitrogens with zero attached hydrogens (tertiary/aromatic N) is 1. The van der Waals surface area contributed by atoms with E-state index in [9.17, 15) is 4.79 Å². The zero-order valence-electron chi connectivity index (χ0n) is 15.3. The van der Waals surface area contributed by atoms with E-state index >= 15 is 0 Å². The highest BCUT2D eigenvalue weighted by Gasteiger charge is 2.28. The Hall–Kier alpha value is -2.07. The van der Waals surface area contributed by atoms with Crippen LogP contribution in [0.5, 0.6) is 0 Å². The van der Waals surface area contributed by atoms with Crippen molar-refractivity contribution in [2.24, 2.45) is 0 Å². The standard InChI is InChI=1S/C21H25ClN2O2/c1-3-4-5-15(18-12-17(22)9-6-14(18)2)10-11-23-21(25)19-13-20(26-24-19)16-7-8-16/h5-6,9,12-13,16H,3-4,7-8,10-11H2,1-2H3,(H,23,25). The van der Waals surface area contributed by atoms with Gasteiger partial charge in [0, 0.05) is 23.6 Å². The Bertz CT molecular complexity index is 806. The van der Waals surface area contributed by atoms with Gasteiger partial charge in [0.15, 0.2) is 5.69 Å². The maximum absolute atomic E-state index is 12.3. The summed E-state index contributed by atoms with van der Waals surface area (Å²) in [6.45, 7) is 4.79. The van der Waals surface area contributed by atoms with Crippen LogP contribution < -0.4 is 5.32 Å². The number of allylic oxidation sites excluding steroid dienone is 1. The molecule has 26 heavy (non-hydrogen) atoms. The predicted molar refractivity (Wildman–Crippen MR) is 105 cm³/mol. The molecule has 5 heteroatoms. The largest absolute Gasteiger partial charge is 0.360 e. The molecule has 2 aromatic rings. The second kappa shape index (κ2) is 8.54. The molecule has 0 aliphatic heterocycles. The SMILES string of the molecule is CCCC=C(CCNC(=O)c1cc(C2CC2)on1)c1cc(Cl)ccc1C. The lowest BCUT2D eigenvalue weighted by atomic mass is 9.96. The molecule has 1 heterocycles. The molecule has 0 atom stereocenters. The minimum Gasteiger partial charge on any atom is -0.360 e. The van der Waals surface area contributed by atoms with Crippen molar-refractivity contribution in [3.63, 3.8) is 0 Å². The topological polar surface area (TPSA) is 55.1 Å². The molecular weight excluding hydrogens is 348 g/mol.